The van der Waals surface area contributed by atoms with Crippen molar-refractivity contribution in [1.29, 1.82) is 0 Å². The highest BCUT2D eigenvalue weighted by atomic mass is 19.1. The zero-order valence-corrected chi connectivity index (χ0v) is 7.46. The average molecular weight is 182 g/mol. The summed E-state index contributed by atoms with van der Waals surface area (Å²) in [6.07, 6.45) is 3.75. The molecule has 0 N–H and O–H groups in total. The van der Waals surface area contributed by atoms with Gasteiger partial charge in [-0.2, -0.15) is 4.39 Å². The molecule has 0 radical (unpaired) electrons. The van der Waals surface area contributed by atoms with E-state index in [4.69, 9.17) is 4.74 Å². The summed E-state index contributed by atoms with van der Waals surface area (Å²) in [6.45, 7) is 2.32. The van der Waals surface area contributed by atoms with Crippen LogP contribution in [0.4, 0.5) is 4.39 Å². The van der Waals surface area contributed by atoms with E-state index in [1.165, 1.54) is 19.0 Å². The van der Waals surface area contributed by atoms with Gasteiger partial charge in [0.05, 0.1) is 18.5 Å². The number of halogens is 1. The molecule has 1 aromatic heterocycles. The number of hydrogen-bond acceptors (Lipinski definition) is 3. The maximum atomic E-state index is 12.9. The molecular formula is C9H11FN2O. The summed E-state index contributed by atoms with van der Waals surface area (Å²) < 4.78 is 18.1. The normalized spacial score (nSPS) is 15.8. The van der Waals surface area contributed by atoms with Gasteiger partial charge in [-0.25, -0.2) is 9.97 Å². The van der Waals surface area contributed by atoms with Gasteiger partial charge >= 0.3 is 0 Å². The molecule has 0 atom stereocenters. The predicted molar refractivity (Wildman–Crippen MR) is 44.9 cm³/mol. The molecule has 2 rings (SSSR count). The van der Waals surface area contributed by atoms with Crippen molar-refractivity contribution in [2.75, 3.05) is 6.61 Å². The Morgan fingerprint density at radius 2 is 2.38 bits per heavy atom. The second-order valence-corrected chi connectivity index (χ2v) is 3.36. The van der Waals surface area contributed by atoms with Crippen molar-refractivity contribution in [3.63, 3.8) is 0 Å². The molecule has 1 fully saturated rings. The van der Waals surface area contributed by atoms with Crippen molar-refractivity contribution in [3.05, 3.63) is 17.8 Å². The Balaban J connectivity index is 2.03. The fraction of sp³-hybridized carbons (Fsp3) is 0.556. The van der Waals surface area contributed by atoms with Crippen molar-refractivity contribution >= 4 is 0 Å². The van der Waals surface area contributed by atoms with Crippen LogP contribution in [0.2, 0.25) is 0 Å². The van der Waals surface area contributed by atoms with Crippen molar-refractivity contribution in [3.8, 4) is 5.88 Å². The summed E-state index contributed by atoms with van der Waals surface area (Å²) in [4.78, 5) is 7.44. The second kappa shape index (κ2) is 3.28. The average Bonchev–Trinajstić information content (AvgIpc) is 2.90. The Labute approximate surface area is 76.0 Å². The van der Waals surface area contributed by atoms with E-state index in [0.717, 1.165) is 0 Å². The van der Waals surface area contributed by atoms with Crippen molar-refractivity contribution in [2.24, 2.45) is 5.92 Å². The van der Waals surface area contributed by atoms with Crippen LogP contribution in [0, 0.1) is 18.8 Å². The molecular weight excluding hydrogens is 171 g/mol. The molecule has 70 valence electrons. The Morgan fingerprint density at radius 1 is 1.62 bits per heavy atom. The van der Waals surface area contributed by atoms with Gasteiger partial charge in [0.2, 0.25) is 0 Å². The lowest BCUT2D eigenvalue weighted by atomic mass is 10.5. The van der Waals surface area contributed by atoms with Gasteiger partial charge in [0.1, 0.15) is 0 Å². The zero-order chi connectivity index (χ0) is 9.26. The van der Waals surface area contributed by atoms with Crippen LogP contribution in [-0.4, -0.2) is 16.6 Å². The highest BCUT2D eigenvalue weighted by Crippen LogP contribution is 2.29. The molecule has 0 unspecified atom stereocenters. The summed E-state index contributed by atoms with van der Waals surface area (Å²) in [6, 6.07) is 0. The summed E-state index contributed by atoms with van der Waals surface area (Å²) in [5, 5.41) is 0. The highest BCUT2D eigenvalue weighted by molar-refractivity contribution is 5.09. The Morgan fingerprint density at radius 3 is 3.08 bits per heavy atom. The standard InChI is InChI=1S/C9H11FN2O/c1-6-4-11-8(10)9(12-6)13-5-7-2-3-7/h4,7H,2-3,5H2,1H3. The number of aryl methyl sites for hydroxylation is 1. The lowest BCUT2D eigenvalue weighted by Gasteiger charge is -2.04. The van der Waals surface area contributed by atoms with Crippen LogP contribution in [0.1, 0.15) is 18.5 Å². The molecule has 1 heterocycles. The second-order valence-electron chi connectivity index (χ2n) is 3.36. The predicted octanol–water partition coefficient (Wildman–Crippen LogP) is 1.71. The first-order valence-electron chi connectivity index (χ1n) is 4.37. The molecule has 0 bridgehead atoms. The molecule has 0 spiro atoms. The van der Waals surface area contributed by atoms with Gasteiger partial charge < -0.3 is 4.74 Å². The maximum Gasteiger partial charge on any atom is 0.275 e. The molecule has 0 aromatic carbocycles. The van der Waals surface area contributed by atoms with Crippen LogP contribution in [0.15, 0.2) is 6.20 Å². The van der Waals surface area contributed by atoms with Crippen LogP contribution in [-0.2, 0) is 0 Å². The van der Waals surface area contributed by atoms with Gasteiger partial charge in [0.25, 0.3) is 11.8 Å². The van der Waals surface area contributed by atoms with Crippen LogP contribution in [0.3, 0.4) is 0 Å². The number of rotatable bonds is 3. The maximum absolute atomic E-state index is 12.9. The van der Waals surface area contributed by atoms with E-state index in [0.29, 0.717) is 18.2 Å². The van der Waals surface area contributed by atoms with Crippen LogP contribution in [0.5, 0.6) is 5.88 Å². The number of hydrogen-bond donors (Lipinski definition) is 0. The summed E-state index contributed by atoms with van der Waals surface area (Å²) in [5.41, 5.74) is 0.673. The first kappa shape index (κ1) is 8.41. The van der Waals surface area contributed by atoms with E-state index in [1.54, 1.807) is 6.92 Å². The van der Waals surface area contributed by atoms with Crippen molar-refractivity contribution in [1.82, 2.24) is 9.97 Å². The Hall–Kier alpha value is -1.19. The first-order valence-corrected chi connectivity index (χ1v) is 4.37. The van der Waals surface area contributed by atoms with Crippen LogP contribution < -0.4 is 4.74 Å². The summed E-state index contributed by atoms with van der Waals surface area (Å²) in [7, 11) is 0. The minimum absolute atomic E-state index is 0.0342. The molecule has 0 amide bonds. The Bertz CT molecular complexity index is 312. The minimum Gasteiger partial charge on any atom is -0.474 e. The SMILES string of the molecule is Cc1cnc(F)c(OCC2CC2)n1. The van der Waals surface area contributed by atoms with E-state index < -0.39 is 5.95 Å². The van der Waals surface area contributed by atoms with E-state index >= 15 is 0 Å². The number of ether oxygens (including phenoxy) is 1. The molecule has 0 saturated heterocycles. The van der Waals surface area contributed by atoms with Gasteiger partial charge in [-0.3, -0.25) is 0 Å². The summed E-state index contributed by atoms with van der Waals surface area (Å²) >= 11 is 0. The minimum atomic E-state index is -0.619. The van der Waals surface area contributed by atoms with Crippen molar-refractivity contribution in [2.45, 2.75) is 19.8 Å². The smallest absolute Gasteiger partial charge is 0.275 e. The fourth-order valence-electron chi connectivity index (χ4n) is 1.01. The van der Waals surface area contributed by atoms with Crippen LogP contribution in [0.25, 0.3) is 0 Å². The molecule has 1 aromatic rings. The topological polar surface area (TPSA) is 35.0 Å². The Kier molecular flexibility index (Phi) is 2.12. The van der Waals surface area contributed by atoms with Crippen molar-refractivity contribution < 1.29 is 9.13 Å². The third-order valence-electron chi connectivity index (χ3n) is 1.97. The molecule has 1 aliphatic carbocycles. The molecule has 1 aliphatic rings. The molecule has 3 nitrogen and oxygen atoms in total. The van der Waals surface area contributed by atoms with Gasteiger partial charge in [0, 0.05) is 0 Å². The van der Waals surface area contributed by atoms with E-state index in [-0.39, 0.29) is 5.88 Å². The van der Waals surface area contributed by atoms with E-state index in [2.05, 4.69) is 9.97 Å². The van der Waals surface area contributed by atoms with Gasteiger partial charge in [0.15, 0.2) is 0 Å². The van der Waals surface area contributed by atoms with E-state index in [9.17, 15) is 4.39 Å². The first-order chi connectivity index (χ1) is 6.25. The molecule has 13 heavy (non-hydrogen) atoms. The van der Waals surface area contributed by atoms with Gasteiger partial charge in [-0.15, -0.1) is 0 Å². The largest absolute Gasteiger partial charge is 0.474 e. The lowest BCUT2D eigenvalue weighted by molar-refractivity contribution is 0.268. The van der Waals surface area contributed by atoms with Gasteiger partial charge in [-0.1, -0.05) is 0 Å². The third-order valence-corrected chi connectivity index (χ3v) is 1.97. The zero-order valence-electron chi connectivity index (χ0n) is 7.46. The van der Waals surface area contributed by atoms with Gasteiger partial charge in [-0.05, 0) is 25.7 Å². The number of nitrogens with zero attached hydrogens (tertiary/aromatic N) is 2. The van der Waals surface area contributed by atoms with Crippen LogP contribution >= 0.6 is 0 Å². The molecule has 4 heteroatoms. The fourth-order valence-corrected chi connectivity index (χ4v) is 1.01. The lowest BCUT2D eigenvalue weighted by Crippen LogP contribution is -2.04. The molecule has 1 saturated carbocycles. The number of aromatic nitrogens is 2. The molecule has 0 aliphatic heterocycles. The highest BCUT2D eigenvalue weighted by Gasteiger charge is 2.22. The quantitative estimate of drug-likeness (QED) is 0.713. The third kappa shape index (κ3) is 2.14. The van der Waals surface area contributed by atoms with E-state index in [1.807, 2.05) is 0 Å². The summed E-state index contributed by atoms with van der Waals surface area (Å²) in [5.74, 6) is 0.0138. The monoisotopic (exact) mass is 182 g/mol.